The monoisotopic (exact) mass is 333 g/mol. The van der Waals surface area contributed by atoms with E-state index in [0.29, 0.717) is 9.35 Å². The summed E-state index contributed by atoms with van der Waals surface area (Å²) >= 11 is 4.45. The molecule has 1 atom stereocenters. The van der Waals surface area contributed by atoms with Crippen molar-refractivity contribution in [1.29, 1.82) is 0 Å². The van der Waals surface area contributed by atoms with Gasteiger partial charge in [0.25, 0.3) is 5.91 Å². The Morgan fingerprint density at radius 3 is 2.89 bits per heavy atom. The first kappa shape index (κ1) is 14.9. The van der Waals surface area contributed by atoms with Crippen molar-refractivity contribution >= 4 is 39.1 Å². The lowest BCUT2D eigenvalue weighted by molar-refractivity contribution is -0.140. The minimum Gasteiger partial charge on any atom is -0.480 e. The van der Waals surface area contributed by atoms with Crippen molar-refractivity contribution in [3.8, 4) is 0 Å². The van der Waals surface area contributed by atoms with Crippen LogP contribution in [0.4, 0.5) is 0 Å². The van der Waals surface area contributed by atoms with E-state index in [-0.39, 0.29) is 13.2 Å². The molecule has 0 saturated heterocycles. The SMILES string of the molecule is C=CCOCC(NC(=O)c1sccc1Br)C(=O)O. The molecule has 0 fully saturated rings. The minimum absolute atomic E-state index is 0.101. The van der Waals surface area contributed by atoms with Crippen LogP contribution in [0.2, 0.25) is 0 Å². The molecule has 0 aliphatic carbocycles. The molecule has 18 heavy (non-hydrogen) atoms. The third-order valence-corrected chi connectivity index (χ3v) is 3.78. The van der Waals surface area contributed by atoms with E-state index in [9.17, 15) is 9.59 Å². The number of carboxylic acids is 1. The first-order valence-electron chi connectivity index (χ1n) is 5.01. The summed E-state index contributed by atoms with van der Waals surface area (Å²) in [5.74, 6) is -1.58. The molecule has 0 radical (unpaired) electrons. The molecular formula is C11H12BrNO4S. The van der Waals surface area contributed by atoms with E-state index in [4.69, 9.17) is 9.84 Å². The Labute approximate surface area is 117 Å². The van der Waals surface area contributed by atoms with E-state index in [1.54, 1.807) is 11.4 Å². The van der Waals surface area contributed by atoms with Crippen molar-refractivity contribution < 1.29 is 19.4 Å². The third-order valence-electron chi connectivity index (χ3n) is 1.95. The molecule has 0 aromatic carbocycles. The molecule has 1 amide bonds. The van der Waals surface area contributed by atoms with Crippen molar-refractivity contribution in [3.63, 3.8) is 0 Å². The van der Waals surface area contributed by atoms with Gasteiger partial charge in [-0.25, -0.2) is 4.79 Å². The Bertz CT molecular complexity index is 446. The van der Waals surface area contributed by atoms with Crippen molar-refractivity contribution in [2.75, 3.05) is 13.2 Å². The molecule has 7 heteroatoms. The molecule has 98 valence electrons. The lowest BCUT2D eigenvalue weighted by Gasteiger charge is -2.13. The first-order valence-corrected chi connectivity index (χ1v) is 6.68. The Morgan fingerprint density at radius 2 is 2.39 bits per heavy atom. The van der Waals surface area contributed by atoms with Gasteiger partial charge in [0.15, 0.2) is 6.04 Å². The number of thiophene rings is 1. The van der Waals surface area contributed by atoms with Gasteiger partial charge in [-0.3, -0.25) is 4.79 Å². The van der Waals surface area contributed by atoms with Gasteiger partial charge in [-0.1, -0.05) is 6.08 Å². The predicted octanol–water partition coefficient (Wildman–Crippen LogP) is 1.90. The van der Waals surface area contributed by atoms with Gasteiger partial charge >= 0.3 is 5.97 Å². The van der Waals surface area contributed by atoms with Crippen LogP contribution in [0.15, 0.2) is 28.6 Å². The fourth-order valence-corrected chi connectivity index (χ4v) is 2.58. The Morgan fingerprint density at radius 1 is 1.67 bits per heavy atom. The number of carbonyl (C=O) groups is 2. The van der Waals surface area contributed by atoms with Crippen LogP contribution in [0.5, 0.6) is 0 Å². The molecule has 0 saturated carbocycles. The molecule has 1 heterocycles. The van der Waals surface area contributed by atoms with Crippen LogP contribution in [0.1, 0.15) is 9.67 Å². The van der Waals surface area contributed by atoms with Gasteiger partial charge in [0.2, 0.25) is 0 Å². The fourth-order valence-electron chi connectivity index (χ4n) is 1.12. The maximum atomic E-state index is 11.8. The second kappa shape index (κ2) is 7.30. The minimum atomic E-state index is -1.14. The standard InChI is InChI=1S/C11H12BrNO4S/c1-2-4-17-6-8(11(15)16)13-10(14)9-7(12)3-5-18-9/h2-3,5,8H,1,4,6H2,(H,13,14)(H,15,16). The van der Waals surface area contributed by atoms with Crippen molar-refractivity contribution in [2.24, 2.45) is 0 Å². The van der Waals surface area contributed by atoms with Gasteiger partial charge in [-0.2, -0.15) is 0 Å². The lowest BCUT2D eigenvalue weighted by atomic mass is 10.3. The van der Waals surface area contributed by atoms with Gasteiger partial charge in [0.05, 0.1) is 13.2 Å². The third kappa shape index (κ3) is 4.25. The molecule has 5 nitrogen and oxygen atoms in total. The number of aliphatic carboxylic acids is 1. The Kier molecular flexibility index (Phi) is 6.03. The summed E-state index contributed by atoms with van der Waals surface area (Å²) in [4.78, 5) is 23.2. The second-order valence-corrected chi connectivity index (χ2v) is 5.06. The molecular weight excluding hydrogens is 322 g/mol. The second-order valence-electron chi connectivity index (χ2n) is 3.29. The summed E-state index contributed by atoms with van der Waals surface area (Å²) in [6, 6.07) is 0.648. The topological polar surface area (TPSA) is 75.6 Å². The van der Waals surface area contributed by atoms with E-state index in [2.05, 4.69) is 27.8 Å². The van der Waals surface area contributed by atoms with Crippen LogP contribution < -0.4 is 5.32 Å². The number of ether oxygens (including phenoxy) is 1. The molecule has 0 bridgehead atoms. The molecule has 0 spiro atoms. The van der Waals surface area contributed by atoms with E-state index in [0.717, 1.165) is 0 Å². The highest BCUT2D eigenvalue weighted by Gasteiger charge is 2.22. The molecule has 1 aromatic rings. The van der Waals surface area contributed by atoms with Crippen molar-refractivity contribution in [2.45, 2.75) is 6.04 Å². The number of carbonyl (C=O) groups excluding carboxylic acids is 1. The summed E-state index contributed by atoms with van der Waals surface area (Å²) in [5, 5.41) is 13.1. The van der Waals surface area contributed by atoms with Crippen LogP contribution in [0.3, 0.4) is 0 Å². The van der Waals surface area contributed by atoms with E-state index in [1.807, 2.05) is 0 Å². The molecule has 1 rings (SSSR count). The Hall–Kier alpha value is -1.18. The quantitative estimate of drug-likeness (QED) is 0.590. The van der Waals surface area contributed by atoms with Crippen LogP contribution in [0.25, 0.3) is 0 Å². The average Bonchev–Trinajstić information content (AvgIpc) is 2.74. The lowest BCUT2D eigenvalue weighted by Crippen LogP contribution is -2.43. The fraction of sp³-hybridized carbons (Fsp3) is 0.273. The van der Waals surface area contributed by atoms with Gasteiger partial charge in [-0.05, 0) is 27.4 Å². The molecule has 1 aromatic heterocycles. The maximum absolute atomic E-state index is 11.8. The van der Waals surface area contributed by atoms with Gasteiger partial charge < -0.3 is 15.2 Å². The van der Waals surface area contributed by atoms with Crippen LogP contribution in [-0.4, -0.2) is 36.2 Å². The first-order chi connectivity index (χ1) is 8.56. The van der Waals surface area contributed by atoms with Crippen LogP contribution in [0, 0.1) is 0 Å². The largest absolute Gasteiger partial charge is 0.480 e. The number of hydrogen-bond acceptors (Lipinski definition) is 4. The summed E-state index contributed by atoms with van der Waals surface area (Å²) in [7, 11) is 0. The zero-order valence-electron chi connectivity index (χ0n) is 9.39. The number of hydrogen-bond donors (Lipinski definition) is 2. The summed E-state index contributed by atoms with van der Waals surface area (Å²) < 4.78 is 5.67. The van der Waals surface area contributed by atoms with Crippen molar-refractivity contribution in [3.05, 3.63) is 33.5 Å². The molecule has 2 N–H and O–H groups in total. The van der Waals surface area contributed by atoms with Crippen molar-refractivity contribution in [1.82, 2.24) is 5.32 Å². The number of nitrogens with one attached hydrogen (secondary N) is 1. The summed E-state index contributed by atoms with van der Waals surface area (Å²) in [6.07, 6.45) is 1.51. The smallest absolute Gasteiger partial charge is 0.328 e. The normalized spacial score (nSPS) is 11.8. The molecule has 0 aliphatic heterocycles. The van der Waals surface area contributed by atoms with E-state index in [1.165, 1.54) is 17.4 Å². The average molecular weight is 334 g/mol. The van der Waals surface area contributed by atoms with Gasteiger partial charge in [0, 0.05) is 4.47 Å². The number of halogens is 1. The molecule has 1 unspecified atom stereocenters. The molecule has 0 aliphatic rings. The van der Waals surface area contributed by atoms with E-state index >= 15 is 0 Å². The number of carboxylic acid groups (broad SMARTS) is 1. The summed E-state index contributed by atoms with van der Waals surface area (Å²) in [5.41, 5.74) is 0. The Balaban J connectivity index is 2.61. The van der Waals surface area contributed by atoms with Gasteiger partial charge in [0.1, 0.15) is 4.88 Å². The van der Waals surface area contributed by atoms with E-state index < -0.39 is 17.9 Å². The maximum Gasteiger partial charge on any atom is 0.328 e. The zero-order valence-corrected chi connectivity index (χ0v) is 11.8. The highest BCUT2D eigenvalue weighted by molar-refractivity contribution is 9.10. The predicted molar refractivity (Wildman–Crippen MR) is 71.9 cm³/mol. The van der Waals surface area contributed by atoms with Crippen LogP contribution >= 0.6 is 27.3 Å². The van der Waals surface area contributed by atoms with Gasteiger partial charge in [-0.15, -0.1) is 17.9 Å². The number of amides is 1. The highest BCUT2D eigenvalue weighted by Crippen LogP contribution is 2.22. The van der Waals surface area contributed by atoms with Crippen LogP contribution in [-0.2, 0) is 9.53 Å². The summed E-state index contributed by atoms with van der Waals surface area (Å²) in [6.45, 7) is 3.59. The zero-order chi connectivity index (χ0) is 13.5. The highest BCUT2D eigenvalue weighted by atomic mass is 79.9. The number of rotatable bonds is 7.